The Morgan fingerprint density at radius 3 is 2.65 bits per heavy atom. The van der Waals surface area contributed by atoms with Gasteiger partial charge in [0.25, 0.3) is 0 Å². The van der Waals surface area contributed by atoms with E-state index in [-0.39, 0.29) is 0 Å². The lowest BCUT2D eigenvalue weighted by atomic mass is 10.2. The van der Waals surface area contributed by atoms with Gasteiger partial charge < -0.3 is 0 Å². The first-order chi connectivity index (χ1) is 8.26. The van der Waals surface area contributed by atoms with Crippen molar-refractivity contribution >= 4 is 28.1 Å². The maximum absolute atomic E-state index is 6.12. The van der Waals surface area contributed by atoms with E-state index in [1.807, 2.05) is 24.3 Å². The van der Waals surface area contributed by atoms with Crippen molar-refractivity contribution in [3.05, 3.63) is 66.6 Å². The Labute approximate surface area is 105 Å². The first-order valence-electron chi connectivity index (χ1n) is 5.14. The van der Waals surface area contributed by atoms with Crippen molar-refractivity contribution in [2.45, 2.75) is 0 Å². The SMILES string of the molecule is C=C/C=C(\C=C)c1nc(Cl)c2ccccc2n1. The van der Waals surface area contributed by atoms with Gasteiger partial charge in [-0.1, -0.05) is 55.1 Å². The minimum absolute atomic E-state index is 0.447. The van der Waals surface area contributed by atoms with Crippen LogP contribution in [0.4, 0.5) is 0 Å². The van der Waals surface area contributed by atoms with Gasteiger partial charge in [0, 0.05) is 11.0 Å². The zero-order chi connectivity index (χ0) is 12.3. The van der Waals surface area contributed by atoms with Crippen LogP contribution in [0.25, 0.3) is 16.5 Å². The summed E-state index contributed by atoms with van der Waals surface area (Å²) in [5, 5.41) is 1.29. The van der Waals surface area contributed by atoms with Crippen LogP contribution in [0.3, 0.4) is 0 Å². The molecule has 0 saturated carbocycles. The number of nitrogens with zero attached hydrogens (tertiary/aromatic N) is 2. The molecule has 2 nitrogen and oxygen atoms in total. The molecule has 1 aromatic carbocycles. The summed E-state index contributed by atoms with van der Waals surface area (Å²) in [7, 11) is 0. The highest BCUT2D eigenvalue weighted by Crippen LogP contribution is 2.22. The lowest BCUT2D eigenvalue weighted by molar-refractivity contribution is 1.17. The van der Waals surface area contributed by atoms with Crippen molar-refractivity contribution < 1.29 is 0 Å². The lowest BCUT2D eigenvalue weighted by Crippen LogP contribution is -1.94. The van der Waals surface area contributed by atoms with Gasteiger partial charge in [0.2, 0.25) is 0 Å². The molecule has 0 aliphatic carbocycles. The molecular formula is C14H11ClN2. The Hall–Kier alpha value is -1.93. The van der Waals surface area contributed by atoms with Gasteiger partial charge in [0.05, 0.1) is 5.52 Å². The van der Waals surface area contributed by atoms with Gasteiger partial charge in [-0.05, 0) is 12.1 Å². The summed E-state index contributed by atoms with van der Waals surface area (Å²) in [4.78, 5) is 8.70. The second kappa shape index (κ2) is 4.93. The molecule has 2 rings (SSSR count). The van der Waals surface area contributed by atoms with E-state index in [1.54, 1.807) is 18.2 Å². The standard InChI is InChI=1S/C14H11ClN2/c1-3-7-10(4-2)14-16-12-9-6-5-8-11(12)13(15)17-14/h3-9H,1-2H2/b10-7+. The molecule has 3 heteroatoms. The number of aromatic nitrogens is 2. The van der Waals surface area contributed by atoms with E-state index in [4.69, 9.17) is 11.6 Å². The van der Waals surface area contributed by atoms with Crippen molar-refractivity contribution in [1.29, 1.82) is 0 Å². The van der Waals surface area contributed by atoms with Crippen LogP contribution in [-0.2, 0) is 0 Å². The van der Waals surface area contributed by atoms with Gasteiger partial charge in [-0.25, -0.2) is 9.97 Å². The molecule has 0 aliphatic rings. The van der Waals surface area contributed by atoms with Crippen molar-refractivity contribution in [1.82, 2.24) is 9.97 Å². The van der Waals surface area contributed by atoms with Crippen LogP contribution in [0.2, 0.25) is 5.15 Å². The minimum atomic E-state index is 0.447. The minimum Gasteiger partial charge on any atom is -0.228 e. The van der Waals surface area contributed by atoms with E-state index in [2.05, 4.69) is 23.1 Å². The molecule has 0 spiro atoms. The molecule has 0 N–H and O–H groups in total. The van der Waals surface area contributed by atoms with E-state index >= 15 is 0 Å². The monoisotopic (exact) mass is 242 g/mol. The first kappa shape index (κ1) is 11.6. The Balaban J connectivity index is 2.68. The van der Waals surface area contributed by atoms with Crippen LogP contribution in [-0.4, -0.2) is 9.97 Å². The summed E-state index contributed by atoms with van der Waals surface area (Å²) in [5.74, 6) is 0.559. The summed E-state index contributed by atoms with van der Waals surface area (Å²) in [6.45, 7) is 7.37. The maximum Gasteiger partial charge on any atom is 0.161 e. The molecule has 2 aromatic rings. The number of fused-ring (bicyclic) bond motifs is 1. The van der Waals surface area contributed by atoms with Gasteiger partial charge >= 0.3 is 0 Å². The predicted octanol–water partition coefficient (Wildman–Crippen LogP) is 4.04. The highest BCUT2D eigenvalue weighted by Gasteiger charge is 2.06. The van der Waals surface area contributed by atoms with Crippen LogP contribution in [0.15, 0.2) is 55.7 Å². The van der Waals surface area contributed by atoms with Gasteiger partial charge in [0.1, 0.15) is 5.15 Å². The number of rotatable bonds is 3. The number of para-hydroxylation sites is 1. The van der Waals surface area contributed by atoms with Crippen LogP contribution in [0.5, 0.6) is 0 Å². The smallest absolute Gasteiger partial charge is 0.161 e. The molecule has 0 unspecified atom stereocenters. The van der Waals surface area contributed by atoms with Crippen LogP contribution in [0.1, 0.15) is 5.82 Å². The molecular weight excluding hydrogens is 232 g/mol. The third kappa shape index (κ3) is 2.27. The molecule has 17 heavy (non-hydrogen) atoms. The average Bonchev–Trinajstić information content (AvgIpc) is 2.36. The number of benzene rings is 1. The van der Waals surface area contributed by atoms with Crippen LogP contribution >= 0.6 is 11.6 Å². The van der Waals surface area contributed by atoms with Gasteiger partial charge in [-0.15, -0.1) is 0 Å². The summed E-state index contributed by atoms with van der Waals surface area (Å²) in [6, 6.07) is 7.62. The van der Waals surface area contributed by atoms with Crippen molar-refractivity contribution in [2.75, 3.05) is 0 Å². The molecule has 0 fully saturated rings. The molecule has 1 heterocycles. The topological polar surface area (TPSA) is 25.8 Å². The van der Waals surface area contributed by atoms with Crippen molar-refractivity contribution in [2.24, 2.45) is 0 Å². The summed E-state index contributed by atoms with van der Waals surface area (Å²) >= 11 is 6.12. The number of hydrogen-bond donors (Lipinski definition) is 0. The van der Waals surface area contributed by atoms with E-state index in [9.17, 15) is 0 Å². The van der Waals surface area contributed by atoms with Crippen molar-refractivity contribution in [3.8, 4) is 0 Å². The van der Waals surface area contributed by atoms with E-state index in [0.29, 0.717) is 11.0 Å². The second-order valence-electron chi connectivity index (χ2n) is 3.42. The average molecular weight is 243 g/mol. The Morgan fingerprint density at radius 2 is 1.94 bits per heavy atom. The van der Waals surface area contributed by atoms with Gasteiger partial charge in [-0.3, -0.25) is 0 Å². The molecule has 0 saturated heterocycles. The molecule has 84 valence electrons. The summed E-state index contributed by atoms with van der Waals surface area (Å²) in [5.41, 5.74) is 1.62. The van der Waals surface area contributed by atoms with Gasteiger partial charge in [0.15, 0.2) is 5.82 Å². The third-order valence-corrected chi connectivity index (χ3v) is 2.62. The molecule has 0 aliphatic heterocycles. The predicted molar refractivity (Wildman–Crippen MR) is 72.9 cm³/mol. The third-order valence-electron chi connectivity index (χ3n) is 2.33. The largest absolute Gasteiger partial charge is 0.228 e. The highest BCUT2D eigenvalue weighted by atomic mass is 35.5. The van der Waals surface area contributed by atoms with E-state index in [1.165, 1.54) is 0 Å². The fourth-order valence-corrected chi connectivity index (χ4v) is 1.77. The van der Waals surface area contributed by atoms with E-state index in [0.717, 1.165) is 16.5 Å². The maximum atomic E-state index is 6.12. The number of hydrogen-bond acceptors (Lipinski definition) is 2. The first-order valence-corrected chi connectivity index (χ1v) is 5.52. The van der Waals surface area contributed by atoms with Crippen molar-refractivity contribution in [3.63, 3.8) is 0 Å². The molecule has 0 bridgehead atoms. The number of allylic oxidation sites excluding steroid dienone is 4. The van der Waals surface area contributed by atoms with Crippen LogP contribution in [0, 0.1) is 0 Å². The molecule has 1 aromatic heterocycles. The number of halogens is 1. The normalized spacial score (nSPS) is 11.5. The lowest BCUT2D eigenvalue weighted by Gasteiger charge is -2.04. The fourth-order valence-electron chi connectivity index (χ4n) is 1.53. The molecule has 0 atom stereocenters. The van der Waals surface area contributed by atoms with E-state index < -0.39 is 0 Å². The Bertz CT molecular complexity index is 615. The molecule has 0 radical (unpaired) electrons. The Morgan fingerprint density at radius 1 is 1.18 bits per heavy atom. The quantitative estimate of drug-likeness (QED) is 0.600. The Kier molecular flexibility index (Phi) is 3.35. The van der Waals surface area contributed by atoms with Crippen LogP contribution < -0.4 is 0 Å². The van der Waals surface area contributed by atoms with Gasteiger partial charge in [-0.2, -0.15) is 0 Å². The summed E-state index contributed by atoms with van der Waals surface area (Å²) < 4.78 is 0. The fraction of sp³-hybridized carbons (Fsp3) is 0. The second-order valence-corrected chi connectivity index (χ2v) is 3.78. The zero-order valence-corrected chi connectivity index (χ0v) is 9.98. The zero-order valence-electron chi connectivity index (χ0n) is 9.23. The molecule has 0 amide bonds. The summed E-state index contributed by atoms with van der Waals surface area (Å²) in [6.07, 6.45) is 5.15. The highest BCUT2D eigenvalue weighted by molar-refractivity contribution is 6.34.